The number of amides is 1. The Labute approximate surface area is 175 Å². The Morgan fingerprint density at radius 1 is 1.14 bits per heavy atom. The largest absolute Gasteiger partial charge is 0.338 e. The average Bonchev–Trinajstić information content (AvgIpc) is 2.67. The van der Waals surface area contributed by atoms with Gasteiger partial charge in [0.25, 0.3) is 15.9 Å². The summed E-state index contributed by atoms with van der Waals surface area (Å²) < 4.78 is 26.8. The summed E-state index contributed by atoms with van der Waals surface area (Å²) in [6.07, 6.45) is 2.09. The third-order valence-electron chi connectivity index (χ3n) is 4.96. The number of anilines is 1. The Hall–Kier alpha value is -1.76. The van der Waals surface area contributed by atoms with E-state index in [-0.39, 0.29) is 15.8 Å². The second-order valence-electron chi connectivity index (χ2n) is 7.09. The number of rotatable bonds is 4. The fourth-order valence-corrected chi connectivity index (χ4v) is 4.89. The van der Waals surface area contributed by atoms with Gasteiger partial charge in [-0.1, -0.05) is 30.1 Å². The van der Waals surface area contributed by atoms with E-state index in [0.29, 0.717) is 35.3 Å². The van der Waals surface area contributed by atoms with Crippen molar-refractivity contribution in [3.63, 3.8) is 0 Å². The van der Waals surface area contributed by atoms with Crippen LogP contribution in [0, 0.1) is 5.92 Å². The third kappa shape index (κ3) is 4.29. The Kier molecular flexibility index (Phi) is 6.22. The molecular weight excluding hydrogens is 419 g/mol. The number of carbonyl (C=O) groups excluding carboxylic acids is 1. The summed E-state index contributed by atoms with van der Waals surface area (Å²) in [5, 5.41) is 0.693. The number of hydrogen-bond donors (Lipinski definition) is 0. The monoisotopic (exact) mass is 440 g/mol. The van der Waals surface area contributed by atoms with Gasteiger partial charge in [-0.3, -0.25) is 9.10 Å². The van der Waals surface area contributed by atoms with E-state index in [1.807, 2.05) is 4.90 Å². The van der Waals surface area contributed by atoms with Crippen molar-refractivity contribution in [3.05, 3.63) is 58.1 Å². The van der Waals surface area contributed by atoms with Crippen LogP contribution in [-0.4, -0.2) is 39.4 Å². The molecule has 0 radical (unpaired) electrons. The molecule has 150 valence electrons. The zero-order valence-electron chi connectivity index (χ0n) is 15.7. The lowest BCUT2D eigenvalue weighted by Gasteiger charge is -2.31. The molecule has 0 aliphatic carbocycles. The first kappa shape index (κ1) is 21.0. The minimum atomic E-state index is -3.77. The van der Waals surface area contributed by atoms with Crippen molar-refractivity contribution in [1.29, 1.82) is 0 Å². The summed E-state index contributed by atoms with van der Waals surface area (Å²) in [5.74, 6) is 0.345. The lowest BCUT2D eigenvalue weighted by atomic mass is 9.99. The molecular formula is C20H22Cl2N2O3S. The van der Waals surface area contributed by atoms with E-state index in [2.05, 4.69) is 6.92 Å². The molecule has 1 unspecified atom stereocenters. The molecule has 1 amide bonds. The van der Waals surface area contributed by atoms with Crippen LogP contribution in [0.4, 0.5) is 5.69 Å². The highest BCUT2D eigenvalue weighted by Gasteiger charge is 2.26. The van der Waals surface area contributed by atoms with Crippen LogP contribution in [0.5, 0.6) is 0 Å². The summed E-state index contributed by atoms with van der Waals surface area (Å²) >= 11 is 12.2. The number of hydrogen-bond acceptors (Lipinski definition) is 3. The van der Waals surface area contributed by atoms with Crippen molar-refractivity contribution >= 4 is 44.8 Å². The van der Waals surface area contributed by atoms with Crippen molar-refractivity contribution < 1.29 is 13.2 Å². The third-order valence-corrected chi connectivity index (χ3v) is 7.33. The molecule has 28 heavy (non-hydrogen) atoms. The number of benzene rings is 2. The molecule has 2 aromatic carbocycles. The highest BCUT2D eigenvalue weighted by atomic mass is 35.5. The molecule has 2 aromatic rings. The first-order valence-electron chi connectivity index (χ1n) is 9.03. The first-order valence-corrected chi connectivity index (χ1v) is 11.2. The van der Waals surface area contributed by atoms with E-state index in [1.165, 1.54) is 37.4 Å². The Balaban J connectivity index is 1.85. The highest BCUT2D eigenvalue weighted by molar-refractivity contribution is 7.92. The molecule has 0 N–H and O–H groups in total. The summed E-state index contributed by atoms with van der Waals surface area (Å²) in [5.41, 5.74) is 0.764. The smallest absolute Gasteiger partial charge is 0.264 e. The van der Waals surface area contributed by atoms with Crippen LogP contribution < -0.4 is 4.31 Å². The van der Waals surface area contributed by atoms with Crippen LogP contribution in [0.1, 0.15) is 30.1 Å². The van der Waals surface area contributed by atoms with Gasteiger partial charge in [-0.05, 0) is 61.2 Å². The molecule has 0 aromatic heterocycles. The highest BCUT2D eigenvalue weighted by Crippen LogP contribution is 2.29. The van der Waals surface area contributed by atoms with Crippen molar-refractivity contribution in [2.24, 2.45) is 5.92 Å². The van der Waals surface area contributed by atoms with Gasteiger partial charge in [0.2, 0.25) is 0 Å². The van der Waals surface area contributed by atoms with E-state index in [4.69, 9.17) is 23.2 Å². The molecule has 0 spiro atoms. The number of sulfonamides is 1. The van der Waals surface area contributed by atoms with E-state index in [9.17, 15) is 13.2 Å². The molecule has 0 saturated carbocycles. The topological polar surface area (TPSA) is 57.7 Å². The summed E-state index contributed by atoms with van der Waals surface area (Å²) in [4.78, 5) is 14.7. The molecule has 0 bridgehead atoms. The van der Waals surface area contributed by atoms with Crippen LogP contribution in [0.25, 0.3) is 0 Å². The fourth-order valence-electron chi connectivity index (χ4n) is 3.32. The van der Waals surface area contributed by atoms with Crippen molar-refractivity contribution in [3.8, 4) is 0 Å². The molecule has 8 heteroatoms. The summed E-state index contributed by atoms with van der Waals surface area (Å²) in [6.45, 7) is 3.55. The molecule has 1 atom stereocenters. The standard InChI is InChI=1S/C20H22Cl2N2O3S/c1-14-4-3-11-24(13-14)20(25)18-10-7-16(12-19(18)22)23(2)28(26,27)17-8-5-15(21)6-9-17/h5-10,12,14H,3-4,11,13H2,1-2H3. The van der Waals surface area contributed by atoms with Gasteiger partial charge in [-0.2, -0.15) is 0 Å². The number of nitrogens with zero attached hydrogens (tertiary/aromatic N) is 2. The first-order chi connectivity index (χ1) is 13.2. The number of piperidine rings is 1. The predicted molar refractivity (Wildman–Crippen MR) is 113 cm³/mol. The summed E-state index contributed by atoms with van der Waals surface area (Å²) in [7, 11) is -2.32. The lowest BCUT2D eigenvalue weighted by Crippen LogP contribution is -2.39. The minimum absolute atomic E-state index is 0.119. The zero-order valence-corrected chi connectivity index (χ0v) is 18.1. The van der Waals surface area contributed by atoms with Crippen LogP contribution in [0.3, 0.4) is 0 Å². The molecule has 1 fully saturated rings. The van der Waals surface area contributed by atoms with Gasteiger partial charge in [0, 0.05) is 25.2 Å². The van der Waals surface area contributed by atoms with Crippen molar-refractivity contribution in [1.82, 2.24) is 4.90 Å². The van der Waals surface area contributed by atoms with Gasteiger partial charge in [-0.15, -0.1) is 0 Å². The maximum atomic E-state index is 12.8. The Bertz CT molecular complexity index is 977. The Morgan fingerprint density at radius 2 is 1.82 bits per heavy atom. The van der Waals surface area contributed by atoms with Gasteiger partial charge in [0.05, 0.1) is 21.2 Å². The van der Waals surface area contributed by atoms with E-state index in [0.717, 1.165) is 17.1 Å². The second-order valence-corrected chi connectivity index (χ2v) is 9.90. The number of halogens is 2. The summed E-state index contributed by atoms with van der Waals surface area (Å²) in [6, 6.07) is 10.6. The predicted octanol–water partition coefficient (Wildman–Crippen LogP) is 4.69. The molecule has 1 aliphatic rings. The van der Waals surface area contributed by atoms with Gasteiger partial charge in [0.1, 0.15) is 0 Å². The normalized spacial score (nSPS) is 17.4. The average molecular weight is 441 g/mol. The molecule has 1 aliphatic heterocycles. The van der Waals surface area contributed by atoms with E-state index in [1.54, 1.807) is 12.1 Å². The molecule has 5 nitrogen and oxygen atoms in total. The second kappa shape index (κ2) is 8.31. The van der Waals surface area contributed by atoms with Crippen molar-refractivity contribution in [2.45, 2.75) is 24.7 Å². The number of likely N-dealkylation sites (tertiary alicyclic amines) is 1. The van der Waals surface area contributed by atoms with Crippen LogP contribution in [0.2, 0.25) is 10.0 Å². The molecule has 1 saturated heterocycles. The maximum Gasteiger partial charge on any atom is 0.264 e. The Morgan fingerprint density at radius 3 is 2.43 bits per heavy atom. The quantitative estimate of drug-likeness (QED) is 0.692. The van der Waals surface area contributed by atoms with Crippen LogP contribution in [0.15, 0.2) is 47.4 Å². The zero-order chi connectivity index (χ0) is 20.5. The molecule has 1 heterocycles. The SMILES string of the molecule is CC1CCCN(C(=O)c2ccc(N(C)S(=O)(=O)c3ccc(Cl)cc3)cc2Cl)C1. The van der Waals surface area contributed by atoms with Crippen LogP contribution >= 0.6 is 23.2 Å². The van der Waals surface area contributed by atoms with E-state index >= 15 is 0 Å². The lowest BCUT2D eigenvalue weighted by molar-refractivity contribution is 0.0683. The van der Waals surface area contributed by atoms with Gasteiger partial charge in [0.15, 0.2) is 0 Å². The number of carbonyl (C=O) groups is 1. The minimum Gasteiger partial charge on any atom is -0.338 e. The van der Waals surface area contributed by atoms with E-state index < -0.39 is 10.0 Å². The van der Waals surface area contributed by atoms with Gasteiger partial charge < -0.3 is 4.90 Å². The van der Waals surface area contributed by atoms with Crippen LogP contribution in [-0.2, 0) is 10.0 Å². The van der Waals surface area contributed by atoms with Crippen molar-refractivity contribution in [2.75, 3.05) is 24.4 Å². The fraction of sp³-hybridized carbons (Fsp3) is 0.350. The maximum absolute atomic E-state index is 12.8. The van der Waals surface area contributed by atoms with Gasteiger partial charge >= 0.3 is 0 Å². The molecule has 3 rings (SSSR count). The van der Waals surface area contributed by atoms with Gasteiger partial charge in [-0.25, -0.2) is 8.42 Å².